The number of pyridine rings is 1. The zero-order chi connectivity index (χ0) is 16.6. The van der Waals surface area contributed by atoms with Crippen LogP contribution in [0, 0.1) is 0 Å². The highest BCUT2D eigenvalue weighted by atomic mass is 19.4. The van der Waals surface area contributed by atoms with Gasteiger partial charge in [0.1, 0.15) is 0 Å². The van der Waals surface area contributed by atoms with Crippen LogP contribution in [0.25, 0.3) is 0 Å². The van der Waals surface area contributed by atoms with Crippen LogP contribution in [0.2, 0.25) is 0 Å². The van der Waals surface area contributed by atoms with Crippen LogP contribution in [-0.2, 0) is 20.9 Å². The zero-order valence-electron chi connectivity index (χ0n) is 11.5. The first-order chi connectivity index (χ1) is 10.3. The van der Waals surface area contributed by atoms with Crippen LogP contribution in [0.5, 0.6) is 5.88 Å². The van der Waals surface area contributed by atoms with Gasteiger partial charge in [-0.1, -0.05) is 6.07 Å². The van der Waals surface area contributed by atoms with Gasteiger partial charge in [0.05, 0.1) is 7.11 Å². The third-order valence-electron chi connectivity index (χ3n) is 2.22. The summed E-state index contributed by atoms with van der Waals surface area (Å²) in [6.07, 6.45) is -1.20. The fourth-order valence-electron chi connectivity index (χ4n) is 1.22. The Kier molecular flexibility index (Phi) is 6.36. The summed E-state index contributed by atoms with van der Waals surface area (Å²) >= 11 is 0. The van der Waals surface area contributed by atoms with E-state index in [0.29, 0.717) is 5.56 Å². The maximum atomic E-state index is 11.9. The first-order valence-corrected chi connectivity index (χ1v) is 5.98. The number of ether oxygens (including phenoxy) is 2. The molecule has 0 aliphatic carbocycles. The summed E-state index contributed by atoms with van der Waals surface area (Å²) in [7, 11) is 1.18. The molecule has 1 aromatic heterocycles. The summed E-state index contributed by atoms with van der Waals surface area (Å²) in [6, 6.07) is 2.72. The molecule has 0 aliphatic rings. The fraction of sp³-hybridized carbons (Fsp3) is 0.308. The van der Waals surface area contributed by atoms with Gasteiger partial charge < -0.3 is 14.8 Å². The molecule has 0 bridgehead atoms. The molecular weight excluding hydrogens is 305 g/mol. The zero-order valence-corrected chi connectivity index (χ0v) is 11.5. The Labute approximate surface area is 123 Å². The van der Waals surface area contributed by atoms with E-state index in [2.05, 4.69) is 19.8 Å². The summed E-state index contributed by atoms with van der Waals surface area (Å²) in [5, 5.41) is 2.46. The molecule has 0 unspecified atom stereocenters. The molecule has 0 atom stereocenters. The SMILES string of the molecule is COC(=O)/C=C/C(=O)NCc1ccc(OCC(F)(F)F)nc1. The number of hydrogen-bond acceptors (Lipinski definition) is 5. The fourth-order valence-corrected chi connectivity index (χ4v) is 1.22. The summed E-state index contributed by atoms with van der Waals surface area (Å²) in [5.41, 5.74) is 0.555. The normalized spacial score (nSPS) is 11.3. The van der Waals surface area contributed by atoms with Gasteiger partial charge in [-0.3, -0.25) is 4.79 Å². The number of rotatable bonds is 6. The standard InChI is InChI=1S/C13H13F3N2O4/c1-21-12(20)5-3-10(19)17-6-9-2-4-11(18-7-9)22-8-13(14,15)16/h2-5,7H,6,8H2,1H3,(H,17,19)/b5-3+. The van der Waals surface area contributed by atoms with Crippen molar-refractivity contribution in [1.82, 2.24) is 10.3 Å². The lowest BCUT2D eigenvalue weighted by atomic mass is 10.3. The molecule has 0 saturated carbocycles. The predicted octanol–water partition coefficient (Wildman–Crippen LogP) is 1.37. The highest BCUT2D eigenvalue weighted by molar-refractivity contribution is 5.94. The van der Waals surface area contributed by atoms with Crippen LogP contribution < -0.4 is 10.1 Å². The Bertz CT molecular complexity index is 541. The summed E-state index contributed by atoms with van der Waals surface area (Å²) < 4.78 is 44.6. The molecule has 0 aromatic carbocycles. The molecular formula is C13H13F3N2O4. The molecule has 1 amide bonds. The number of alkyl halides is 3. The largest absolute Gasteiger partial charge is 0.468 e. The molecule has 1 N–H and O–H groups in total. The van der Waals surface area contributed by atoms with Crippen LogP contribution in [0.1, 0.15) is 5.56 Å². The first-order valence-electron chi connectivity index (χ1n) is 5.98. The molecule has 120 valence electrons. The van der Waals surface area contributed by atoms with Crippen LogP contribution in [0.4, 0.5) is 13.2 Å². The molecule has 0 spiro atoms. The number of nitrogens with one attached hydrogen (secondary N) is 1. The minimum atomic E-state index is -4.43. The van der Waals surface area contributed by atoms with E-state index in [0.717, 1.165) is 12.2 Å². The van der Waals surface area contributed by atoms with Gasteiger partial charge in [0, 0.05) is 31.0 Å². The third kappa shape index (κ3) is 7.27. The first kappa shape index (κ1) is 17.5. The van der Waals surface area contributed by atoms with Gasteiger partial charge in [-0.05, 0) is 5.56 Å². The van der Waals surface area contributed by atoms with Crippen molar-refractivity contribution in [2.24, 2.45) is 0 Å². The quantitative estimate of drug-likeness (QED) is 0.633. The number of esters is 1. The van der Waals surface area contributed by atoms with Gasteiger partial charge in [0.25, 0.3) is 0 Å². The Hall–Kier alpha value is -2.58. The van der Waals surface area contributed by atoms with Crippen LogP contribution >= 0.6 is 0 Å². The Morgan fingerprint density at radius 3 is 2.59 bits per heavy atom. The summed E-state index contributed by atoms with van der Waals surface area (Å²) in [4.78, 5) is 25.8. The smallest absolute Gasteiger partial charge is 0.422 e. The van der Waals surface area contributed by atoms with Gasteiger partial charge in [0.2, 0.25) is 11.8 Å². The van der Waals surface area contributed by atoms with E-state index in [4.69, 9.17) is 0 Å². The van der Waals surface area contributed by atoms with Gasteiger partial charge >= 0.3 is 12.1 Å². The van der Waals surface area contributed by atoms with Crippen molar-refractivity contribution in [2.45, 2.75) is 12.7 Å². The lowest BCUT2D eigenvalue weighted by Crippen LogP contribution is -2.21. The highest BCUT2D eigenvalue weighted by Gasteiger charge is 2.28. The van der Waals surface area contributed by atoms with Crippen LogP contribution in [-0.4, -0.2) is 36.8 Å². The summed E-state index contributed by atoms with van der Waals surface area (Å²) in [5.74, 6) is -1.36. The van der Waals surface area contributed by atoms with Crippen LogP contribution in [0.15, 0.2) is 30.5 Å². The second kappa shape index (κ2) is 8.01. The van der Waals surface area contributed by atoms with Gasteiger partial charge in [-0.25, -0.2) is 9.78 Å². The molecule has 9 heteroatoms. The molecule has 0 fully saturated rings. The van der Waals surface area contributed by atoms with Crippen molar-refractivity contribution in [2.75, 3.05) is 13.7 Å². The number of carbonyl (C=O) groups is 2. The van der Waals surface area contributed by atoms with E-state index in [-0.39, 0.29) is 12.4 Å². The number of hydrogen-bond donors (Lipinski definition) is 1. The Morgan fingerprint density at radius 1 is 1.32 bits per heavy atom. The van der Waals surface area contributed by atoms with Gasteiger partial charge in [-0.2, -0.15) is 13.2 Å². The highest BCUT2D eigenvalue weighted by Crippen LogP contribution is 2.16. The van der Waals surface area contributed by atoms with Crippen molar-refractivity contribution in [3.8, 4) is 5.88 Å². The number of methoxy groups -OCH3 is 1. The Balaban J connectivity index is 2.43. The second-order valence-corrected chi connectivity index (χ2v) is 3.98. The topological polar surface area (TPSA) is 77.5 Å². The van der Waals surface area contributed by atoms with E-state index in [1.165, 1.54) is 25.4 Å². The minimum Gasteiger partial charge on any atom is -0.468 e. The van der Waals surface area contributed by atoms with Crippen molar-refractivity contribution in [1.29, 1.82) is 0 Å². The lowest BCUT2D eigenvalue weighted by Gasteiger charge is -2.08. The lowest BCUT2D eigenvalue weighted by molar-refractivity contribution is -0.154. The monoisotopic (exact) mass is 318 g/mol. The molecule has 22 heavy (non-hydrogen) atoms. The second-order valence-electron chi connectivity index (χ2n) is 3.98. The Morgan fingerprint density at radius 2 is 2.05 bits per heavy atom. The number of amides is 1. The minimum absolute atomic E-state index is 0.0941. The molecule has 0 saturated heterocycles. The predicted molar refractivity (Wildman–Crippen MR) is 68.8 cm³/mol. The van der Waals surface area contributed by atoms with E-state index >= 15 is 0 Å². The molecule has 6 nitrogen and oxygen atoms in total. The van der Waals surface area contributed by atoms with E-state index in [1.54, 1.807) is 0 Å². The van der Waals surface area contributed by atoms with Gasteiger partial charge in [0.15, 0.2) is 6.61 Å². The number of carbonyl (C=O) groups excluding carboxylic acids is 2. The summed E-state index contributed by atoms with van der Waals surface area (Å²) in [6.45, 7) is -1.33. The van der Waals surface area contributed by atoms with Crippen molar-refractivity contribution < 1.29 is 32.2 Å². The number of aromatic nitrogens is 1. The third-order valence-corrected chi connectivity index (χ3v) is 2.22. The van der Waals surface area contributed by atoms with Crippen molar-refractivity contribution in [3.63, 3.8) is 0 Å². The van der Waals surface area contributed by atoms with E-state index in [1.807, 2.05) is 0 Å². The van der Waals surface area contributed by atoms with Gasteiger partial charge in [-0.15, -0.1) is 0 Å². The molecule has 1 aromatic rings. The maximum Gasteiger partial charge on any atom is 0.422 e. The maximum absolute atomic E-state index is 11.9. The average Bonchev–Trinajstić information content (AvgIpc) is 2.48. The van der Waals surface area contributed by atoms with E-state index in [9.17, 15) is 22.8 Å². The average molecular weight is 318 g/mol. The number of halogens is 3. The van der Waals surface area contributed by atoms with Crippen LogP contribution in [0.3, 0.4) is 0 Å². The van der Waals surface area contributed by atoms with Crippen molar-refractivity contribution >= 4 is 11.9 Å². The molecule has 0 aliphatic heterocycles. The molecule has 1 rings (SSSR count). The van der Waals surface area contributed by atoms with Crippen molar-refractivity contribution in [3.05, 3.63) is 36.0 Å². The number of nitrogens with zero attached hydrogens (tertiary/aromatic N) is 1. The molecule has 1 heterocycles. The molecule has 0 radical (unpaired) electrons. The van der Waals surface area contributed by atoms with E-state index < -0.39 is 24.7 Å².